The fraction of sp³-hybridized carbons (Fsp3) is 0.300. The van der Waals surface area contributed by atoms with Gasteiger partial charge in [0.15, 0.2) is 0 Å². The van der Waals surface area contributed by atoms with Crippen molar-refractivity contribution in [1.29, 1.82) is 0 Å². The summed E-state index contributed by atoms with van der Waals surface area (Å²) in [5.41, 5.74) is 4.37. The van der Waals surface area contributed by atoms with Gasteiger partial charge in [0.1, 0.15) is 0 Å². The van der Waals surface area contributed by atoms with E-state index in [0.717, 1.165) is 0 Å². The zero-order valence-electron chi connectivity index (χ0n) is 13.5. The fourth-order valence-corrected chi connectivity index (χ4v) is 3.13. The lowest BCUT2D eigenvalue weighted by atomic mass is 9.84. The fourth-order valence-electron chi connectivity index (χ4n) is 3.13. The number of benzene rings is 2. The third-order valence-electron chi connectivity index (χ3n) is 4.50. The number of nitrogens with one attached hydrogen (secondary N) is 1. The molecule has 1 amide bonds. The van der Waals surface area contributed by atoms with Gasteiger partial charge in [-0.25, -0.2) is 4.79 Å². The van der Waals surface area contributed by atoms with Crippen LogP contribution in [0.5, 0.6) is 0 Å². The van der Waals surface area contributed by atoms with Crippen molar-refractivity contribution in [3.63, 3.8) is 0 Å². The van der Waals surface area contributed by atoms with Gasteiger partial charge >= 0.3 is 5.97 Å². The van der Waals surface area contributed by atoms with E-state index in [4.69, 9.17) is 4.84 Å². The number of carbonyl (C=O) groups is 2. The Morgan fingerprint density at radius 1 is 0.833 bits per heavy atom. The predicted octanol–water partition coefficient (Wildman–Crippen LogP) is 4.24. The Balaban J connectivity index is 1.56. The number of hydroxylamine groups is 1. The predicted molar refractivity (Wildman–Crippen MR) is 91.6 cm³/mol. The standard InChI is InChI=1S/C20H21NO3/c22-19(21-24-20(23)18-9-5-2-6-10-18)17-13-11-16(12-14-17)15-7-3-1-4-8-15/h2,5-6,9-15H,1,3-4,7-8H2,(H,21,22). The van der Waals surface area contributed by atoms with Crippen LogP contribution in [0, 0.1) is 0 Å². The molecule has 1 aliphatic rings. The summed E-state index contributed by atoms with van der Waals surface area (Å²) in [5, 5.41) is 0. The first-order chi connectivity index (χ1) is 11.7. The zero-order valence-corrected chi connectivity index (χ0v) is 13.5. The highest BCUT2D eigenvalue weighted by atomic mass is 16.7. The first-order valence-corrected chi connectivity index (χ1v) is 8.40. The van der Waals surface area contributed by atoms with E-state index >= 15 is 0 Å². The topological polar surface area (TPSA) is 55.4 Å². The number of hydrogen-bond acceptors (Lipinski definition) is 3. The van der Waals surface area contributed by atoms with Gasteiger partial charge in [-0.05, 0) is 48.6 Å². The Bertz CT molecular complexity index is 689. The molecule has 1 N–H and O–H groups in total. The number of rotatable bonds is 3. The van der Waals surface area contributed by atoms with Gasteiger partial charge in [0.25, 0.3) is 5.91 Å². The smallest absolute Gasteiger partial charge is 0.335 e. The molecule has 0 spiro atoms. The summed E-state index contributed by atoms with van der Waals surface area (Å²) in [6, 6.07) is 16.1. The molecule has 0 aliphatic heterocycles. The molecule has 1 saturated carbocycles. The van der Waals surface area contributed by atoms with Crippen LogP contribution in [0.3, 0.4) is 0 Å². The van der Waals surface area contributed by atoms with Crippen LogP contribution in [0.4, 0.5) is 0 Å². The molecule has 4 heteroatoms. The second kappa shape index (κ2) is 7.77. The molecule has 0 unspecified atom stereocenters. The van der Waals surface area contributed by atoms with Crippen molar-refractivity contribution in [1.82, 2.24) is 5.48 Å². The van der Waals surface area contributed by atoms with E-state index in [9.17, 15) is 9.59 Å². The average molecular weight is 323 g/mol. The third kappa shape index (κ3) is 4.02. The van der Waals surface area contributed by atoms with Crippen molar-refractivity contribution in [2.45, 2.75) is 38.0 Å². The minimum Gasteiger partial charge on any atom is -0.335 e. The molecule has 0 radical (unpaired) electrons. The Kier molecular flexibility index (Phi) is 5.26. The SMILES string of the molecule is O=C(NOC(=O)c1ccccc1)c1ccc(C2CCCCC2)cc1. The van der Waals surface area contributed by atoms with Gasteiger partial charge in [-0.3, -0.25) is 4.79 Å². The molecular formula is C20H21NO3. The Hall–Kier alpha value is -2.62. The van der Waals surface area contributed by atoms with Crippen molar-refractivity contribution >= 4 is 11.9 Å². The number of amides is 1. The summed E-state index contributed by atoms with van der Waals surface area (Å²) in [4.78, 5) is 28.7. The molecule has 0 bridgehead atoms. The van der Waals surface area contributed by atoms with Gasteiger partial charge in [-0.2, -0.15) is 5.48 Å². The summed E-state index contributed by atoms with van der Waals surface area (Å²) >= 11 is 0. The molecule has 2 aromatic carbocycles. The average Bonchev–Trinajstić information content (AvgIpc) is 2.67. The molecule has 4 nitrogen and oxygen atoms in total. The van der Waals surface area contributed by atoms with Crippen molar-refractivity contribution in [3.8, 4) is 0 Å². The quantitative estimate of drug-likeness (QED) is 0.860. The Morgan fingerprint density at radius 2 is 1.50 bits per heavy atom. The Labute approximate surface area is 141 Å². The molecule has 0 aromatic heterocycles. The van der Waals surface area contributed by atoms with Gasteiger partial charge in [-0.15, -0.1) is 0 Å². The van der Waals surface area contributed by atoms with Gasteiger partial charge in [0.2, 0.25) is 0 Å². The van der Waals surface area contributed by atoms with Crippen LogP contribution >= 0.6 is 0 Å². The minimum atomic E-state index is -0.581. The Morgan fingerprint density at radius 3 is 2.17 bits per heavy atom. The maximum absolute atomic E-state index is 12.1. The highest BCUT2D eigenvalue weighted by Gasteiger charge is 2.16. The van der Waals surface area contributed by atoms with E-state index in [1.54, 1.807) is 36.4 Å². The first kappa shape index (κ1) is 16.2. The molecule has 2 aromatic rings. The molecule has 3 rings (SSSR count). The van der Waals surface area contributed by atoms with Crippen LogP contribution < -0.4 is 5.48 Å². The monoisotopic (exact) mass is 323 g/mol. The number of carbonyl (C=O) groups excluding carboxylic acids is 2. The lowest BCUT2D eigenvalue weighted by molar-refractivity contribution is 0.0230. The molecule has 124 valence electrons. The maximum atomic E-state index is 12.1. The largest absolute Gasteiger partial charge is 0.362 e. The second-order valence-electron chi connectivity index (χ2n) is 6.14. The zero-order chi connectivity index (χ0) is 16.8. The van der Waals surface area contributed by atoms with Crippen LogP contribution in [0.15, 0.2) is 54.6 Å². The van der Waals surface area contributed by atoms with Crippen LogP contribution in [0.25, 0.3) is 0 Å². The van der Waals surface area contributed by atoms with E-state index < -0.39 is 11.9 Å². The molecule has 0 heterocycles. The highest BCUT2D eigenvalue weighted by Crippen LogP contribution is 2.32. The molecule has 0 saturated heterocycles. The molecular weight excluding hydrogens is 302 g/mol. The van der Waals surface area contributed by atoms with Crippen molar-refractivity contribution in [2.24, 2.45) is 0 Å². The van der Waals surface area contributed by atoms with Gasteiger partial charge in [-0.1, -0.05) is 49.6 Å². The van der Waals surface area contributed by atoms with E-state index in [1.165, 1.54) is 37.7 Å². The number of hydrogen-bond donors (Lipinski definition) is 1. The summed E-state index contributed by atoms with van der Waals surface area (Å²) in [7, 11) is 0. The van der Waals surface area contributed by atoms with Crippen LogP contribution in [-0.2, 0) is 4.84 Å². The minimum absolute atomic E-state index is 0.394. The summed E-state index contributed by atoms with van der Waals surface area (Å²) in [6.07, 6.45) is 6.33. The molecule has 1 fully saturated rings. The summed E-state index contributed by atoms with van der Waals surface area (Å²) in [6.45, 7) is 0. The van der Waals surface area contributed by atoms with Crippen LogP contribution in [-0.4, -0.2) is 11.9 Å². The van der Waals surface area contributed by atoms with E-state index in [1.807, 2.05) is 18.2 Å². The lowest BCUT2D eigenvalue weighted by Crippen LogP contribution is -2.27. The summed E-state index contributed by atoms with van der Waals surface area (Å²) in [5.74, 6) is -0.399. The van der Waals surface area contributed by atoms with Gasteiger partial charge < -0.3 is 4.84 Å². The lowest BCUT2D eigenvalue weighted by Gasteiger charge is -2.22. The molecule has 1 aliphatic carbocycles. The summed E-state index contributed by atoms with van der Waals surface area (Å²) < 4.78 is 0. The van der Waals surface area contributed by atoms with Crippen molar-refractivity contribution in [3.05, 3.63) is 71.3 Å². The van der Waals surface area contributed by atoms with Crippen LogP contribution in [0.1, 0.15) is 64.3 Å². The third-order valence-corrected chi connectivity index (χ3v) is 4.50. The van der Waals surface area contributed by atoms with Gasteiger partial charge in [0, 0.05) is 5.56 Å². The van der Waals surface area contributed by atoms with E-state index in [0.29, 0.717) is 17.0 Å². The van der Waals surface area contributed by atoms with E-state index in [2.05, 4.69) is 5.48 Å². The van der Waals surface area contributed by atoms with Crippen molar-refractivity contribution < 1.29 is 14.4 Å². The normalized spacial score (nSPS) is 14.8. The van der Waals surface area contributed by atoms with Crippen molar-refractivity contribution in [2.75, 3.05) is 0 Å². The molecule has 24 heavy (non-hydrogen) atoms. The molecule has 0 atom stereocenters. The first-order valence-electron chi connectivity index (χ1n) is 8.40. The maximum Gasteiger partial charge on any atom is 0.362 e. The highest BCUT2D eigenvalue weighted by molar-refractivity contribution is 5.95. The van der Waals surface area contributed by atoms with E-state index in [-0.39, 0.29) is 0 Å². The second-order valence-corrected chi connectivity index (χ2v) is 6.14. The van der Waals surface area contributed by atoms with Gasteiger partial charge in [0.05, 0.1) is 5.56 Å². The van der Waals surface area contributed by atoms with Crippen LogP contribution in [0.2, 0.25) is 0 Å².